The van der Waals surface area contributed by atoms with Crippen molar-refractivity contribution in [3.05, 3.63) is 108 Å². The number of H-pyrrole nitrogens is 3. The van der Waals surface area contributed by atoms with Gasteiger partial charge in [-0.2, -0.15) is 0 Å². The molecule has 108 heavy (non-hydrogen) atoms. The van der Waals surface area contributed by atoms with Gasteiger partial charge in [0, 0.05) is 83.8 Å². The fraction of sp³-hybridized carbons (Fsp3) is 0.500. The SMILES string of the molecule is CC[C@H](C)[C@H](NC(=O)[C@H](Cc1c[nH]c2ccccc12)NC(=O)[C@@H](NC(=O)[C@H](CC(C)C)NC(=O)[C@@H](N)Cc1c[nH]c2ccccc12)C(C)C)C(=O)N[C@@H](Cc1c[nH]c2ccccc12)C(=O)N[C@@H](CCCNC(=N)N)C(=O)N[C@@H](CCCNC(=N)N)C(=O)N[C@@H](CCCCN)C(=O)N[C@@H](CCCNC(=N)N)C(=O)O. The summed E-state index contributed by atoms with van der Waals surface area (Å²) >= 11 is 0. The number of nitrogens with two attached hydrogens (primary N) is 5. The molecule has 0 aliphatic heterocycles. The van der Waals surface area contributed by atoms with Gasteiger partial charge in [-0.25, -0.2) is 4.79 Å². The Labute approximate surface area is 627 Å². The Kier molecular flexibility index (Phi) is 33.9. The number of hydrogen-bond acceptors (Lipinski definition) is 15. The maximum atomic E-state index is 15.3. The Hall–Kier alpha value is -11.3. The molecule has 3 aromatic heterocycles. The second-order valence-corrected chi connectivity index (χ2v) is 28.0. The number of aromatic nitrogens is 3. The van der Waals surface area contributed by atoms with Crippen LogP contribution in [0.15, 0.2) is 91.4 Å². The predicted octanol–water partition coefficient (Wildman–Crippen LogP) is 0.601. The lowest BCUT2D eigenvalue weighted by atomic mass is 9.95. The summed E-state index contributed by atoms with van der Waals surface area (Å²) < 4.78 is 0. The van der Waals surface area contributed by atoms with Crippen molar-refractivity contribution in [2.24, 2.45) is 46.4 Å². The highest BCUT2D eigenvalue weighted by Crippen LogP contribution is 2.24. The summed E-state index contributed by atoms with van der Waals surface area (Å²) in [5.74, 6) is -10.9. The molecule has 0 fully saturated rings. The Morgan fingerprint density at radius 1 is 0.417 bits per heavy atom. The lowest BCUT2D eigenvalue weighted by Crippen LogP contribution is -2.62. The van der Waals surface area contributed by atoms with E-state index in [1.807, 2.05) is 74.5 Å². The third-order valence-corrected chi connectivity index (χ3v) is 18.7. The molecule has 0 saturated heterocycles. The molecule has 0 aliphatic carbocycles. The van der Waals surface area contributed by atoms with Gasteiger partial charge in [-0.15, -0.1) is 0 Å². The van der Waals surface area contributed by atoms with Crippen molar-refractivity contribution in [2.75, 3.05) is 26.2 Å². The largest absolute Gasteiger partial charge is 0.480 e. The van der Waals surface area contributed by atoms with Gasteiger partial charge in [-0.1, -0.05) is 103 Å². The van der Waals surface area contributed by atoms with Gasteiger partial charge >= 0.3 is 5.97 Å². The Balaban J connectivity index is 1.29. The highest BCUT2D eigenvalue weighted by atomic mass is 16.4. The summed E-state index contributed by atoms with van der Waals surface area (Å²) in [5.41, 5.74) is 33.2. The van der Waals surface area contributed by atoms with Crippen LogP contribution in [0.4, 0.5) is 0 Å². The number of nitrogens with one attached hydrogen (secondary N) is 18. The summed E-state index contributed by atoms with van der Waals surface area (Å²) in [7, 11) is 0. The summed E-state index contributed by atoms with van der Waals surface area (Å²) in [4.78, 5) is 155. The van der Waals surface area contributed by atoms with E-state index in [1.54, 1.807) is 58.4 Å². The smallest absolute Gasteiger partial charge is 0.326 e. The standard InChI is InChI=1S/C74H111N23O11/c1-7-42(6)61(97-68(104)59(36-45-39-88-52-24-13-10-21-48(45)52)94-69(105)60(41(4)5)96-67(103)57(33-40(2)3)93-62(98)49(76)34-43-37-86-50-22-11-8-19-46(43)50)70(106)95-58(35-44-38-87-51-23-12-9-20-47(44)51)66(102)91-55(27-17-31-84-73(79)80)64(100)90-54(26-16-30-83-72(77)78)63(99)89-53(25-14-15-29-75)65(101)92-56(71(107)108)28-18-32-85-74(81)82/h8-13,19-24,37-42,49,53-61,86-88H,7,14-18,25-36,75-76H2,1-6H3,(H,89,99)(H,90,100)(H,91,102)(H,92,101)(H,93,98)(H,94,105)(H,95,106)(H,96,103)(H,97,104)(H,107,108)(H4,77,78,83)(H4,79,80,84)(H4,81,82,85)/t42-,49-,53-,54-,55-,56-,57-,58-,59-,60-,61-/m0/s1. The lowest BCUT2D eigenvalue weighted by Gasteiger charge is -2.30. The second kappa shape index (κ2) is 42.8. The van der Waals surface area contributed by atoms with Crippen LogP contribution in [0.25, 0.3) is 32.7 Å². The quantitative estimate of drug-likeness (QED) is 0.0141. The fourth-order valence-electron chi connectivity index (χ4n) is 12.6. The van der Waals surface area contributed by atoms with Crippen LogP contribution in [-0.2, 0) is 67.2 Å². The van der Waals surface area contributed by atoms with Crippen molar-refractivity contribution >= 4 is 110 Å². The topological polar surface area (TPSA) is 584 Å². The lowest BCUT2D eigenvalue weighted by molar-refractivity contribution is -0.142. The van der Waals surface area contributed by atoms with Crippen LogP contribution >= 0.6 is 0 Å². The van der Waals surface area contributed by atoms with Gasteiger partial charge in [0.25, 0.3) is 0 Å². The molecule has 29 N–H and O–H groups in total. The minimum absolute atomic E-state index is 0.00348. The highest BCUT2D eigenvalue weighted by Gasteiger charge is 2.38. The van der Waals surface area contributed by atoms with Crippen LogP contribution in [0.1, 0.15) is 129 Å². The summed E-state index contributed by atoms with van der Waals surface area (Å²) in [6.07, 6.45) is 6.31. The Morgan fingerprint density at radius 2 is 0.750 bits per heavy atom. The molecule has 0 bridgehead atoms. The molecule has 34 nitrogen and oxygen atoms in total. The number of aromatic amines is 3. The number of guanidine groups is 3. The first-order chi connectivity index (χ1) is 51.5. The molecule has 34 heteroatoms. The van der Waals surface area contributed by atoms with Crippen molar-refractivity contribution in [3.63, 3.8) is 0 Å². The van der Waals surface area contributed by atoms with Gasteiger partial charge in [-0.05, 0) is 130 Å². The molecule has 9 amide bonds. The zero-order chi connectivity index (χ0) is 79.1. The summed E-state index contributed by atoms with van der Waals surface area (Å²) in [5, 5.41) is 68.3. The van der Waals surface area contributed by atoms with E-state index in [-0.39, 0.29) is 121 Å². The number of rotatable bonds is 46. The average molecular weight is 1500 g/mol. The molecule has 0 radical (unpaired) electrons. The molecule has 0 spiro atoms. The van der Waals surface area contributed by atoms with Crippen molar-refractivity contribution in [3.8, 4) is 0 Å². The van der Waals surface area contributed by atoms with Crippen LogP contribution in [0.3, 0.4) is 0 Å². The van der Waals surface area contributed by atoms with Crippen LogP contribution in [0, 0.1) is 34.0 Å². The Morgan fingerprint density at radius 3 is 1.14 bits per heavy atom. The maximum Gasteiger partial charge on any atom is 0.326 e. The summed E-state index contributed by atoms with van der Waals surface area (Å²) in [6.45, 7) is 11.2. The Bertz CT molecular complexity index is 4060. The number of carboxylic acids is 1. The van der Waals surface area contributed by atoms with Crippen LogP contribution in [0.2, 0.25) is 0 Å². The molecule has 3 heterocycles. The minimum atomic E-state index is -1.51. The number of aliphatic carboxylic acids is 1. The molecule has 6 aromatic rings. The van der Waals surface area contributed by atoms with E-state index < -0.39 is 131 Å². The number of hydrogen-bond donors (Lipinski definition) is 24. The number of carbonyl (C=O) groups excluding carboxylic acids is 9. The molecular weight excluding hydrogens is 1390 g/mol. The summed E-state index contributed by atoms with van der Waals surface area (Å²) in [6, 6.07) is 8.72. The first kappa shape index (κ1) is 85.6. The third-order valence-electron chi connectivity index (χ3n) is 18.7. The number of benzene rings is 3. The first-order valence-corrected chi connectivity index (χ1v) is 36.8. The number of carbonyl (C=O) groups is 10. The number of fused-ring (bicyclic) bond motifs is 3. The van der Waals surface area contributed by atoms with E-state index in [4.69, 9.17) is 44.9 Å². The van der Waals surface area contributed by atoms with Crippen molar-refractivity contribution in [1.29, 1.82) is 16.2 Å². The van der Waals surface area contributed by atoms with Gasteiger partial charge in [0.15, 0.2) is 17.9 Å². The molecule has 6 rings (SSSR count). The maximum absolute atomic E-state index is 15.3. The van der Waals surface area contributed by atoms with E-state index >= 15 is 14.4 Å². The number of carboxylic acid groups (broad SMARTS) is 1. The van der Waals surface area contributed by atoms with Gasteiger partial charge < -0.3 is 113 Å². The van der Waals surface area contributed by atoms with E-state index in [0.717, 1.165) is 27.4 Å². The van der Waals surface area contributed by atoms with Crippen LogP contribution in [-0.4, -0.2) is 184 Å². The normalized spacial score (nSPS) is 14.4. The molecule has 3 aromatic carbocycles. The van der Waals surface area contributed by atoms with Gasteiger partial charge in [-0.3, -0.25) is 59.4 Å². The van der Waals surface area contributed by atoms with E-state index in [2.05, 4.69) is 78.8 Å². The molecular formula is C74H111N23O11. The fourth-order valence-corrected chi connectivity index (χ4v) is 12.6. The molecule has 0 aliphatic rings. The molecule has 0 saturated carbocycles. The third kappa shape index (κ3) is 26.6. The first-order valence-electron chi connectivity index (χ1n) is 36.8. The number of unbranched alkanes of at least 4 members (excludes halogenated alkanes) is 1. The molecule has 588 valence electrons. The molecule has 11 atom stereocenters. The van der Waals surface area contributed by atoms with Gasteiger partial charge in [0.2, 0.25) is 53.2 Å². The van der Waals surface area contributed by atoms with Gasteiger partial charge in [0.05, 0.1) is 6.04 Å². The minimum Gasteiger partial charge on any atom is -0.480 e. The van der Waals surface area contributed by atoms with E-state index in [9.17, 15) is 38.7 Å². The van der Waals surface area contributed by atoms with Crippen molar-refractivity contribution in [2.45, 2.75) is 192 Å². The zero-order valence-electron chi connectivity index (χ0n) is 62.3. The zero-order valence-corrected chi connectivity index (χ0v) is 62.3. The van der Waals surface area contributed by atoms with Crippen LogP contribution < -0.4 is 92.5 Å². The van der Waals surface area contributed by atoms with Gasteiger partial charge in [0.1, 0.15) is 54.4 Å². The predicted molar refractivity (Wildman–Crippen MR) is 413 cm³/mol. The average Bonchev–Trinajstić information content (AvgIpc) is 1.67. The second-order valence-electron chi connectivity index (χ2n) is 28.0. The van der Waals surface area contributed by atoms with Crippen molar-refractivity contribution < 1.29 is 53.1 Å². The van der Waals surface area contributed by atoms with Crippen molar-refractivity contribution in [1.82, 2.24) is 78.8 Å². The monoisotopic (exact) mass is 1500 g/mol. The van der Waals surface area contributed by atoms with E-state index in [1.165, 1.54) is 0 Å². The number of para-hydroxylation sites is 3. The van der Waals surface area contributed by atoms with E-state index in [0.29, 0.717) is 41.3 Å². The van der Waals surface area contributed by atoms with Crippen LogP contribution in [0.5, 0.6) is 0 Å². The highest BCUT2D eigenvalue weighted by molar-refractivity contribution is 6.00. The molecule has 0 unspecified atom stereocenters. The number of amides is 9.